The van der Waals surface area contributed by atoms with Crippen LogP contribution in [0.5, 0.6) is 5.75 Å². The number of nitro groups is 1. The first-order chi connectivity index (χ1) is 9.60. The normalized spacial score (nSPS) is 10.3. The fourth-order valence-corrected chi connectivity index (χ4v) is 2.06. The highest BCUT2D eigenvalue weighted by molar-refractivity contribution is 9.10. The van der Waals surface area contributed by atoms with Crippen LogP contribution in [0, 0.1) is 10.1 Å². The van der Waals surface area contributed by atoms with Crippen LogP contribution < -0.4 is 4.74 Å². The maximum absolute atomic E-state index is 10.7. The van der Waals surface area contributed by atoms with Crippen LogP contribution in [0.2, 0.25) is 0 Å². The summed E-state index contributed by atoms with van der Waals surface area (Å²) in [4.78, 5) is 10.2. The predicted octanol–water partition coefficient (Wildman–Crippen LogP) is 3.43. The Morgan fingerprint density at radius 3 is 2.75 bits per heavy atom. The number of halogens is 1. The van der Waals surface area contributed by atoms with E-state index in [0.717, 1.165) is 10.0 Å². The summed E-state index contributed by atoms with van der Waals surface area (Å²) in [5.41, 5.74) is 1.48. The third kappa shape index (κ3) is 3.55. The van der Waals surface area contributed by atoms with Gasteiger partial charge < -0.3 is 9.84 Å². The van der Waals surface area contributed by atoms with Crippen molar-refractivity contribution in [2.24, 2.45) is 0 Å². The molecular formula is C14H12BrNO4. The van der Waals surface area contributed by atoms with Crippen LogP contribution in [0.1, 0.15) is 11.1 Å². The van der Waals surface area contributed by atoms with Crippen molar-refractivity contribution in [1.82, 2.24) is 0 Å². The third-order valence-corrected chi connectivity index (χ3v) is 3.49. The van der Waals surface area contributed by atoms with Crippen molar-refractivity contribution in [2.45, 2.75) is 13.2 Å². The maximum atomic E-state index is 10.7. The molecule has 0 saturated carbocycles. The number of aliphatic hydroxyl groups excluding tert-OH is 1. The Balaban J connectivity index is 2.08. The van der Waals surface area contributed by atoms with Gasteiger partial charge in [-0.05, 0) is 29.3 Å². The van der Waals surface area contributed by atoms with Gasteiger partial charge in [0.1, 0.15) is 12.4 Å². The number of aliphatic hydroxyl groups is 1. The van der Waals surface area contributed by atoms with Crippen LogP contribution in [0.25, 0.3) is 0 Å². The van der Waals surface area contributed by atoms with E-state index in [-0.39, 0.29) is 18.9 Å². The Labute approximate surface area is 124 Å². The molecule has 0 amide bonds. The minimum Gasteiger partial charge on any atom is -0.489 e. The zero-order chi connectivity index (χ0) is 14.5. The third-order valence-electron chi connectivity index (χ3n) is 2.71. The summed E-state index contributed by atoms with van der Waals surface area (Å²) < 4.78 is 6.38. The largest absolute Gasteiger partial charge is 0.489 e. The zero-order valence-electron chi connectivity index (χ0n) is 10.5. The van der Waals surface area contributed by atoms with Crippen LogP contribution in [-0.4, -0.2) is 10.0 Å². The van der Waals surface area contributed by atoms with Crippen molar-refractivity contribution in [1.29, 1.82) is 0 Å². The summed E-state index contributed by atoms with van der Waals surface area (Å²) in [6, 6.07) is 11.6. The van der Waals surface area contributed by atoms with Crippen LogP contribution >= 0.6 is 15.9 Å². The van der Waals surface area contributed by atoms with E-state index in [2.05, 4.69) is 15.9 Å². The number of hydrogen-bond donors (Lipinski definition) is 1. The maximum Gasteiger partial charge on any atom is 0.269 e. The lowest BCUT2D eigenvalue weighted by Gasteiger charge is -2.08. The molecule has 0 aliphatic rings. The monoisotopic (exact) mass is 337 g/mol. The van der Waals surface area contributed by atoms with Crippen molar-refractivity contribution in [3.63, 3.8) is 0 Å². The van der Waals surface area contributed by atoms with Crippen molar-refractivity contribution in [3.8, 4) is 5.75 Å². The molecule has 0 spiro atoms. The fourth-order valence-electron chi connectivity index (χ4n) is 1.69. The molecule has 0 unspecified atom stereocenters. The first-order valence-electron chi connectivity index (χ1n) is 5.85. The number of ether oxygens (including phenoxy) is 1. The van der Waals surface area contributed by atoms with Crippen LogP contribution in [0.4, 0.5) is 5.69 Å². The second-order valence-corrected chi connectivity index (χ2v) is 4.98. The van der Waals surface area contributed by atoms with E-state index in [9.17, 15) is 10.1 Å². The van der Waals surface area contributed by atoms with Gasteiger partial charge in [0, 0.05) is 16.6 Å². The Morgan fingerprint density at radius 2 is 2.05 bits per heavy atom. The lowest BCUT2D eigenvalue weighted by molar-refractivity contribution is -0.384. The van der Waals surface area contributed by atoms with Crippen LogP contribution in [0.3, 0.4) is 0 Å². The van der Waals surface area contributed by atoms with E-state index in [1.54, 1.807) is 30.3 Å². The number of nitrogens with zero attached hydrogens (tertiary/aromatic N) is 1. The molecule has 0 fully saturated rings. The number of rotatable bonds is 5. The molecule has 0 aliphatic heterocycles. The molecule has 0 aromatic heterocycles. The van der Waals surface area contributed by atoms with Gasteiger partial charge in [-0.2, -0.15) is 0 Å². The van der Waals surface area contributed by atoms with Gasteiger partial charge in [0.25, 0.3) is 5.69 Å². The standard InChI is InChI=1S/C14H12BrNO4/c15-14-5-4-13(7-11(14)8-17)20-9-10-2-1-3-12(6-10)16(18)19/h1-7,17H,8-9H2. The minimum atomic E-state index is -0.438. The highest BCUT2D eigenvalue weighted by atomic mass is 79.9. The van der Waals surface area contributed by atoms with Crippen molar-refractivity contribution in [2.75, 3.05) is 0 Å². The summed E-state index contributed by atoms with van der Waals surface area (Å²) >= 11 is 3.32. The lowest BCUT2D eigenvalue weighted by Crippen LogP contribution is -1.97. The summed E-state index contributed by atoms with van der Waals surface area (Å²) in [7, 11) is 0. The average Bonchev–Trinajstić information content (AvgIpc) is 2.46. The molecule has 2 rings (SSSR count). The molecule has 0 aliphatic carbocycles. The quantitative estimate of drug-likeness (QED) is 0.670. The summed E-state index contributed by atoms with van der Waals surface area (Å²) in [5.74, 6) is 0.601. The summed E-state index contributed by atoms with van der Waals surface area (Å²) in [5, 5.41) is 19.8. The Morgan fingerprint density at radius 1 is 1.25 bits per heavy atom. The van der Waals surface area contributed by atoms with Crippen molar-refractivity contribution >= 4 is 21.6 Å². The van der Waals surface area contributed by atoms with E-state index in [1.807, 2.05) is 0 Å². The van der Waals surface area contributed by atoms with Gasteiger partial charge in [0.2, 0.25) is 0 Å². The predicted molar refractivity (Wildman–Crippen MR) is 77.5 cm³/mol. The Kier molecular flexibility index (Phi) is 4.70. The molecule has 6 heteroatoms. The molecule has 0 saturated heterocycles. The molecule has 0 heterocycles. The van der Waals surface area contributed by atoms with Crippen molar-refractivity contribution < 1.29 is 14.8 Å². The van der Waals surface area contributed by atoms with E-state index in [4.69, 9.17) is 9.84 Å². The van der Waals surface area contributed by atoms with Gasteiger partial charge in [-0.15, -0.1) is 0 Å². The van der Waals surface area contributed by atoms with Gasteiger partial charge in [-0.25, -0.2) is 0 Å². The molecule has 5 nitrogen and oxygen atoms in total. The average molecular weight is 338 g/mol. The molecule has 2 aromatic carbocycles. The van der Waals surface area contributed by atoms with E-state index < -0.39 is 4.92 Å². The molecule has 0 bridgehead atoms. The topological polar surface area (TPSA) is 72.6 Å². The summed E-state index contributed by atoms with van der Waals surface area (Å²) in [6.07, 6.45) is 0. The lowest BCUT2D eigenvalue weighted by atomic mass is 10.2. The van der Waals surface area contributed by atoms with Gasteiger partial charge >= 0.3 is 0 Å². The number of benzene rings is 2. The molecule has 20 heavy (non-hydrogen) atoms. The summed E-state index contributed by atoms with van der Waals surface area (Å²) in [6.45, 7) is 0.142. The van der Waals surface area contributed by atoms with E-state index >= 15 is 0 Å². The molecule has 2 aromatic rings. The first kappa shape index (κ1) is 14.5. The molecular weight excluding hydrogens is 326 g/mol. The van der Waals surface area contributed by atoms with Gasteiger partial charge in [-0.1, -0.05) is 28.1 Å². The molecule has 1 N–H and O–H groups in total. The minimum absolute atomic E-state index is 0.0398. The van der Waals surface area contributed by atoms with E-state index in [1.165, 1.54) is 12.1 Å². The Bertz CT molecular complexity index is 630. The van der Waals surface area contributed by atoms with Gasteiger partial charge in [0.15, 0.2) is 0 Å². The number of nitro benzene ring substituents is 1. The fraction of sp³-hybridized carbons (Fsp3) is 0.143. The molecule has 0 atom stereocenters. The molecule has 104 valence electrons. The van der Waals surface area contributed by atoms with Crippen molar-refractivity contribution in [3.05, 3.63) is 68.2 Å². The zero-order valence-corrected chi connectivity index (χ0v) is 12.0. The van der Waals surface area contributed by atoms with Gasteiger partial charge in [0.05, 0.1) is 11.5 Å². The second kappa shape index (κ2) is 6.49. The van der Waals surface area contributed by atoms with Crippen LogP contribution in [-0.2, 0) is 13.2 Å². The van der Waals surface area contributed by atoms with Gasteiger partial charge in [-0.3, -0.25) is 10.1 Å². The Hall–Kier alpha value is -1.92. The highest BCUT2D eigenvalue weighted by Crippen LogP contribution is 2.23. The molecule has 0 radical (unpaired) electrons. The van der Waals surface area contributed by atoms with E-state index in [0.29, 0.717) is 11.3 Å². The second-order valence-electron chi connectivity index (χ2n) is 4.13. The highest BCUT2D eigenvalue weighted by Gasteiger charge is 2.06. The number of non-ortho nitro benzene ring substituents is 1. The SMILES string of the molecule is O=[N+]([O-])c1cccc(COc2ccc(Br)c(CO)c2)c1. The first-order valence-corrected chi connectivity index (χ1v) is 6.65. The number of hydrogen-bond acceptors (Lipinski definition) is 4. The van der Waals surface area contributed by atoms with Crippen LogP contribution in [0.15, 0.2) is 46.9 Å². The smallest absolute Gasteiger partial charge is 0.269 e.